The first-order valence-corrected chi connectivity index (χ1v) is 6.43. The molecule has 1 aliphatic carbocycles. The fourth-order valence-corrected chi connectivity index (χ4v) is 1.74. The molecule has 1 saturated carbocycles. The molecular formula is C14H15F2N3O. The monoisotopic (exact) mass is 279 g/mol. The van der Waals surface area contributed by atoms with Crippen LogP contribution in [0, 0.1) is 23.0 Å². The highest BCUT2D eigenvalue weighted by Crippen LogP contribution is 2.19. The van der Waals surface area contributed by atoms with Crippen molar-refractivity contribution in [3.8, 4) is 6.07 Å². The Labute approximate surface area is 115 Å². The second kappa shape index (κ2) is 5.97. The number of nitriles is 1. The fraction of sp³-hybridized carbons (Fsp3) is 0.429. The Balaban J connectivity index is 1.96. The zero-order valence-corrected chi connectivity index (χ0v) is 11.0. The standard InChI is InChI=1S/C14H15F2N3O/c1-8(14(20)19-10-2-3-10)18-7-11-12(15)4-9(6-17)5-13(11)16/h4-5,8,10,18H,2-3,7H2,1H3,(H,19,20). The number of carbonyl (C=O) groups excluding carboxylic acids is 1. The van der Waals surface area contributed by atoms with E-state index in [0.29, 0.717) is 0 Å². The third kappa shape index (κ3) is 3.52. The number of nitrogens with one attached hydrogen (secondary N) is 2. The molecule has 0 aromatic heterocycles. The molecule has 0 heterocycles. The molecule has 1 aromatic carbocycles. The zero-order chi connectivity index (χ0) is 14.7. The summed E-state index contributed by atoms with van der Waals surface area (Å²) < 4.78 is 27.3. The second-order valence-corrected chi connectivity index (χ2v) is 4.92. The first-order chi connectivity index (χ1) is 9.51. The van der Waals surface area contributed by atoms with Gasteiger partial charge in [-0.1, -0.05) is 0 Å². The summed E-state index contributed by atoms with van der Waals surface area (Å²) in [5.74, 6) is -1.75. The first kappa shape index (κ1) is 14.4. The minimum absolute atomic E-state index is 0.0664. The number of amides is 1. The minimum Gasteiger partial charge on any atom is -0.352 e. The maximum Gasteiger partial charge on any atom is 0.237 e. The maximum atomic E-state index is 13.6. The highest BCUT2D eigenvalue weighted by molar-refractivity contribution is 5.81. The summed E-state index contributed by atoms with van der Waals surface area (Å²) >= 11 is 0. The molecule has 1 atom stereocenters. The van der Waals surface area contributed by atoms with E-state index in [2.05, 4.69) is 10.6 Å². The molecule has 2 rings (SSSR count). The molecule has 0 aliphatic heterocycles. The molecule has 106 valence electrons. The third-order valence-electron chi connectivity index (χ3n) is 3.17. The van der Waals surface area contributed by atoms with Crippen molar-refractivity contribution in [2.75, 3.05) is 0 Å². The predicted molar refractivity (Wildman–Crippen MR) is 68.5 cm³/mol. The number of hydrogen-bond donors (Lipinski definition) is 2. The van der Waals surface area contributed by atoms with Crippen LogP contribution in [0.4, 0.5) is 8.78 Å². The van der Waals surface area contributed by atoms with Crippen LogP contribution in [-0.4, -0.2) is 18.0 Å². The molecular weight excluding hydrogens is 264 g/mol. The van der Waals surface area contributed by atoms with E-state index in [0.717, 1.165) is 25.0 Å². The summed E-state index contributed by atoms with van der Waals surface area (Å²) in [4.78, 5) is 11.7. The van der Waals surface area contributed by atoms with Gasteiger partial charge in [-0.3, -0.25) is 4.79 Å². The number of carbonyl (C=O) groups is 1. The summed E-state index contributed by atoms with van der Waals surface area (Å²) in [6, 6.07) is 3.35. The van der Waals surface area contributed by atoms with Crippen LogP contribution in [0.15, 0.2) is 12.1 Å². The highest BCUT2D eigenvalue weighted by atomic mass is 19.1. The minimum atomic E-state index is -0.788. The molecule has 4 nitrogen and oxygen atoms in total. The Kier molecular flexibility index (Phi) is 4.30. The van der Waals surface area contributed by atoms with E-state index in [1.54, 1.807) is 13.0 Å². The van der Waals surface area contributed by atoms with Crippen molar-refractivity contribution in [3.63, 3.8) is 0 Å². The van der Waals surface area contributed by atoms with Gasteiger partial charge in [-0.25, -0.2) is 8.78 Å². The van der Waals surface area contributed by atoms with Crippen molar-refractivity contribution in [1.29, 1.82) is 5.26 Å². The van der Waals surface area contributed by atoms with Crippen LogP contribution in [0.5, 0.6) is 0 Å². The van der Waals surface area contributed by atoms with Gasteiger partial charge in [-0.15, -0.1) is 0 Å². The van der Waals surface area contributed by atoms with Gasteiger partial charge in [0.2, 0.25) is 5.91 Å². The summed E-state index contributed by atoms with van der Waals surface area (Å²) in [5.41, 5.74) is -0.238. The molecule has 0 spiro atoms. The van der Waals surface area contributed by atoms with Gasteiger partial charge in [0.15, 0.2) is 0 Å². The third-order valence-corrected chi connectivity index (χ3v) is 3.17. The van der Waals surface area contributed by atoms with E-state index in [9.17, 15) is 13.6 Å². The van der Waals surface area contributed by atoms with Crippen molar-refractivity contribution in [1.82, 2.24) is 10.6 Å². The van der Waals surface area contributed by atoms with Crippen molar-refractivity contribution < 1.29 is 13.6 Å². The Bertz CT molecular complexity index is 541. The van der Waals surface area contributed by atoms with Crippen LogP contribution in [0.2, 0.25) is 0 Å². The van der Waals surface area contributed by atoms with Gasteiger partial charge < -0.3 is 10.6 Å². The van der Waals surface area contributed by atoms with Gasteiger partial charge in [-0.05, 0) is 31.9 Å². The van der Waals surface area contributed by atoms with E-state index in [-0.39, 0.29) is 29.6 Å². The topological polar surface area (TPSA) is 64.9 Å². The van der Waals surface area contributed by atoms with Crippen LogP contribution in [0.3, 0.4) is 0 Å². The van der Waals surface area contributed by atoms with E-state index in [1.807, 2.05) is 0 Å². The van der Waals surface area contributed by atoms with E-state index >= 15 is 0 Å². The highest BCUT2D eigenvalue weighted by Gasteiger charge is 2.25. The van der Waals surface area contributed by atoms with Gasteiger partial charge in [-0.2, -0.15) is 5.26 Å². The molecule has 6 heteroatoms. The quantitative estimate of drug-likeness (QED) is 0.860. The van der Waals surface area contributed by atoms with Crippen LogP contribution in [0.1, 0.15) is 30.9 Å². The molecule has 0 radical (unpaired) electrons. The SMILES string of the molecule is CC(NCc1c(F)cc(C#N)cc1F)C(=O)NC1CC1. The van der Waals surface area contributed by atoms with Crippen molar-refractivity contribution in [2.45, 2.75) is 38.4 Å². The normalized spacial score (nSPS) is 15.5. The van der Waals surface area contributed by atoms with Gasteiger partial charge in [0.25, 0.3) is 0 Å². The second-order valence-electron chi connectivity index (χ2n) is 4.92. The van der Waals surface area contributed by atoms with Crippen LogP contribution >= 0.6 is 0 Å². The molecule has 2 N–H and O–H groups in total. The smallest absolute Gasteiger partial charge is 0.237 e. The van der Waals surface area contributed by atoms with E-state index < -0.39 is 17.7 Å². The largest absolute Gasteiger partial charge is 0.352 e. The zero-order valence-electron chi connectivity index (χ0n) is 11.0. The number of nitrogens with zero attached hydrogens (tertiary/aromatic N) is 1. The fourth-order valence-electron chi connectivity index (χ4n) is 1.74. The van der Waals surface area contributed by atoms with Crippen LogP contribution in [0.25, 0.3) is 0 Å². The Morgan fingerprint density at radius 3 is 2.55 bits per heavy atom. The Morgan fingerprint density at radius 1 is 1.45 bits per heavy atom. The molecule has 0 bridgehead atoms. The van der Waals surface area contributed by atoms with Gasteiger partial charge >= 0.3 is 0 Å². The molecule has 1 amide bonds. The number of hydrogen-bond acceptors (Lipinski definition) is 3. The summed E-state index contributed by atoms with van der Waals surface area (Å²) in [6.07, 6.45) is 1.97. The summed E-state index contributed by atoms with van der Waals surface area (Å²) in [7, 11) is 0. The lowest BCUT2D eigenvalue weighted by molar-refractivity contribution is -0.122. The average molecular weight is 279 g/mol. The molecule has 1 aliphatic rings. The molecule has 1 fully saturated rings. The van der Waals surface area contributed by atoms with Crippen LogP contribution in [-0.2, 0) is 11.3 Å². The van der Waals surface area contributed by atoms with Crippen LogP contribution < -0.4 is 10.6 Å². The number of benzene rings is 1. The van der Waals surface area contributed by atoms with Crippen molar-refractivity contribution >= 4 is 5.91 Å². The number of halogens is 2. The summed E-state index contributed by atoms with van der Waals surface area (Å²) in [6.45, 7) is 1.53. The first-order valence-electron chi connectivity index (χ1n) is 6.43. The van der Waals surface area contributed by atoms with Gasteiger partial charge in [0.1, 0.15) is 11.6 Å². The van der Waals surface area contributed by atoms with Crippen molar-refractivity contribution in [3.05, 3.63) is 34.9 Å². The van der Waals surface area contributed by atoms with E-state index in [4.69, 9.17) is 5.26 Å². The molecule has 20 heavy (non-hydrogen) atoms. The lowest BCUT2D eigenvalue weighted by Gasteiger charge is -2.14. The van der Waals surface area contributed by atoms with E-state index in [1.165, 1.54) is 0 Å². The van der Waals surface area contributed by atoms with Gasteiger partial charge in [0.05, 0.1) is 17.7 Å². The Morgan fingerprint density at radius 2 is 2.05 bits per heavy atom. The van der Waals surface area contributed by atoms with Crippen molar-refractivity contribution in [2.24, 2.45) is 0 Å². The molecule has 1 aromatic rings. The molecule has 1 unspecified atom stereocenters. The Hall–Kier alpha value is -2.00. The predicted octanol–water partition coefficient (Wildman–Crippen LogP) is 1.59. The maximum absolute atomic E-state index is 13.6. The number of rotatable bonds is 5. The average Bonchev–Trinajstić information content (AvgIpc) is 3.20. The lowest BCUT2D eigenvalue weighted by Crippen LogP contribution is -2.42. The molecule has 0 saturated heterocycles. The lowest BCUT2D eigenvalue weighted by atomic mass is 10.1. The van der Waals surface area contributed by atoms with Gasteiger partial charge in [0, 0.05) is 18.2 Å². The summed E-state index contributed by atoms with van der Waals surface area (Å²) in [5, 5.41) is 14.2.